The zero-order valence-electron chi connectivity index (χ0n) is 36.1. The van der Waals surface area contributed by atoms with Gasteiger partial charge in [0.25, 0.3) is 0 Å². The third-order valence-corrected chi connectivity index (χ3v) is 20.6. The number of nitrogens with zero attached hydrogens (tertiary/aromatic N) is 8. The van der Waals surface area contributed by atoms with Crippen molar-refractivity contribution in [1.29, 1.82) is 21.0 Å². The van der Waals surface area contributed by atoms with E-state index in [1.165, 1.54) is 22.7 Å². The van der Waals surface area contributed by atoms with Crippen molar-refractivity contribution in [2.24, 2.45) is 11.8 Å². The summed E-state index contributed by atoms with van der Waals surface area (Å²) in [7, 11) is 0. The molecule has 0 saturated carbocycles. The van der Waals surface area contributed by atoms with Gasteiger partial charge in [-0.15, -0.1) is 45.3 Å². The molecule has 2 aliphatic heterocycles. The summed E-state index contributed by atoms with van der Waals surface area (Å²) in [5.41, 5.74) is 8.33. The van der Waals surface area contributed by atoms with Gasteiger partial charge in [-0.25, -0.2) is 17.6 Å². The molecule has 0 saturated heterocycles. The highest BCUT2D eigenvalue weighted by Crippen LogP contribution is 2.58. The smallest absolute Gasteiger partial charge is 0.159 e. The third kappa shape index (κ3) is 5.49. The van der Waals surface area contributed by atoms with Crippen LogP contribution in [0.1, 0.15) is 45.9 Å². The van der Waals surface area contributed by atoms with E-state index in [9.17, 15) is 21.0 Å². The van der Waals surface area contributed by atoms with Crippen LogP contribution in [0.15, 0.2) is 58.7 Å². The molecule has 0 amide bonds. The molecule has 14 rings (SSSR count). The second kappa shape index (κ2) is 14.8. The van der Waals surface area contributed by atoms with Gasteiger partial charge in [0, 0.05) is 44.8 Å². The fourth-order valence-corrected chi connectivity index (χ4v) is 17.9. The first-order valence-corrected chi connectivity index (χ1v) is 26.4. The molecular weight excluding hydrogens is 1040 g/mol. The standard InChI is InChI=1S/C52H20Cl2F4N8S5/c1-17-3-21-23-5-29(55)31(57)7-25(23)35(19(11-59)12-60)27(21)9-33-39(53)49-51(67-33)45-47(69-49)37-41-42(64-71-63-41)38-44(43(37)65(45)15-17)66-16-18(2)4-22-24-6-30(56)32(58)8-26(24)36(20(13-61)14-62)28(22)10-34-40(54)50-52(68-34)46(66)48(38)70-50/h3-10,17-18H,15-16H2,1-2H3/b21-3+,22-4+,27-9+,28-10+. The molecule has 9 heterocycles. The van der Waals surface area contributed by atoms with E-state index in [-0.39, 0.29) is 45.3 Å². The molecule has 2 aliphatic carbocycles. The maximum absolute atomic E-state index is 15.3. The maximum atomic E-state index is 15.3. The summed E-state index contributed by atoms with van der Waals surface area (Å²) in [4.78, 5) is 1.30. The Hall–Kier alpha value is -6.90. The number of allylic oxidation sites excluding steroid dienone is 10. The van der Waals surface area contributed by atoms with Crippen LogP contribution >= 0.6 is 80.3 Å². The van der Waals surface area contributed by atoms with Crippen molar-refractivity contribution in [2.45, 2.75) is 26.9 Å². The number of rotatable bonds is 0. The quantitative estimate of drug-likeness (QED) is 0.110. The lowest BCUT2D eigenvalue weighted by Gasteiger charge is -2.17. The molecule has 0 radical (unpaired) electrons. The lowest BCUT2D eigenvalue weighted by atomic mass is 9.96. The van der Waals surface area contributed by atoms with Crippen molar-refractivity contribution < 1.29 is 17.6 Å². The molecule has 2 atom stereocenters. The van der Waals surface area contributed by atoms with Crippen LogP contribution in [0.5, 0.6) is 0 Å². The molecule has 0 N–H and O–H groups in total. The highest BCUT2D eigenvalue weighted by molar-refractivity contribution is 7.35. The molecule has 4 aliphatic rings. The lowest BCUT2D eigenvalue weighted by Crippen LogP contribution is -2.09. The fourth-order valence-electron chi connectivity index (χ4n) is 11.2. The van der Waals surface area contributed by atoms with E-state index < -0.39 is 23.3 Å². The van der Waals surface area contributed by atoms with Gasteiger partial charge in [0.2, 0.25) is 0 Å². The van der Waals surface area contributed by atoms with Crippen LogP contribution in [-0.4, -0.2) is 17.9 Å². The monoisotopic (exact) mass is 1060 g/mol. The zero-order valence-corrected chi connectivity index (χ0v) is 41.7. The Morgan fingerprint density at radius 1 is 0.535 bits per heavy atom. The van der Waals surface area contributed by atoms with Crippen molar-refractivity contribution >= 4 is 187 Å². The summed E-state index contributed by atoms with van der Waals surface area (Å²) in [5, 5.41) is 43.6. The van der Waals surface area contributed by atoms with Gasteiger partial charge < -0.3 is 9.13 Å². The minimum Gasteiger partial charge on any atom is -0.336 e. The van der Waals surface area contributed by atoms with E-state index in [2.05, 4.69) is 9.13 Å². The van der Waals surface area contributed by atoms with Gasteiger partial charge >= 0.3 is 0 Å². The van der Waals surface area contributed by atoms with Gasteiger partial charge in [-0.1, -0.05) is 49.2 Å². The van der Waals surface area contributed by atoms with Crippen molar-refractivity contribution in [3.8, 4) is 24.3 Å². The van der Waals surface area contributed by atoms with Gasteiger partial charge in [-0.05, 0) is 92.8 Å². The molecule has 340 valence electrons. The number of hydrogen-bond donors (Lipinski definition) is 0. The summed E-state index contributed by atoms with van der Waals surface area (Å²) in [6.45, 7) is 4.85. The Morgan fingerprint density at radius 2 is 0.915 bits per heavy atom. The van der Waals surface area contributed by atoms with Crippen LogP contribution in [0.2, 0.25) is 10.0 Å². The number of fused-ring (bicyclic) bond motifs is 18. The summed E-state index contributed by atoms with van der Waals surface area (Å²) >= 11 is 21.9. The Balaban J connectivity index is 1.10. The van der Waals surface area contributed by atoms with E-state index >= 15 is 17.6 Å². The van der Waals surface area contributed by atoms with Crippen molar-refractivity contribution in [2.75, 3.05) is 0 Å². The molecule has 0 spiro atoms. The Bertz CT molecular complexity index is 4380. The topological polar surface area (TPSA) is 131 Å². The number of benzene rings is 3. The van der Waals surface area contributed by atoms with Crippen molar-refractivity contribution in [1.82, 2.24) is 17.9 Å². The van der Waals surface area contributed by atoms with Crippen molar-refractivity contribution in [3.63, 3.8) is 0 Å². The minimum atomic E-state index is -1.10. The number of hydrogen-bond acceptors (Lipinski definition) is 11. The van der Waals surface area contributed by atoms with Gasteiger partial charge in [-0.2, -0.15) is 29.8 Å². The SMILES string of the molecule is CC1/C=C2/C(=C\c3sc4c(sc5c6c7nsnc7c7c8sc9c(Cl)c%10sc9c8n(c7c6n(c45)C1)CC(C)/C=C1/C(=C\%10)C(=C(C#N)C#N)c4cc(F)c(F)cc41)c3Cl)C(=C(C#N)C#N)c1cc(F)c(F)cc12. The molecule has 2 unspecified atom stereocenters. The molecule has 4 bridgehead atoms. The first-order valence-electron chi connectivity index (χ1n) is 21.7. The lowest BCUT2D eigenvalue weighted by molar-refractivity contribution is 0.508. The second-order valence-electron chi connectivity index (χ2n) is 17.9. The van der Waals surface area contributed by atoms with Crippen LogP contribution in [0.25, 0.3) is 107 Å². The molecule has 3 aromatic carbocycles. The van der Waals surface area contributed by atoms with Gasteiger partial charge in [0.05, 0.1) is 72.0 Å². The van der Waals surface area contributed by atoms with Gasteiger partial charge in [-0.3, -0.25) is 0 Å². The Kier molecular flexibility index (Phi) is 8.97. The van der Waals surface area contributed by atoms with Gasteiger partial charge in [0.1, 0.15) is 46.5 Å². The molecule has 71 heavy (non-hydrogen) atoms. The summed E-state index contributed by atoms with van der Waals surface area (Å²) in [6.07, 6.45) is 7.62. The highest BCUT2D eigenvalue weighted by atomic mass is 35.5. The zero-order chi connectivity index (χ0) is 48.8. The maximum Gasteiger partial charge on any atom is 0.159 e. The van der Waals surface area contributed by atoms with Gasteiger partial charge in [0.15, 0.2) is 23.3 Å². The van der Waals surface area contributed by atoms with Crippen molar-refractivity contribution in [3.05, 3.63) is 124 Å². The average Bonchev–Trinajstić information content (AvgIpc) is 4.24. The van der Waals surface area contributed by atoms with Crippen LogP contribution < -0.4 is 0 Å². The van der Waals surface area contributed by atoms with Crippen LogP contribution in [-0.2, 0) is 13.1 Å². The summed E-state index contributed by atoms with van der Waals surface area (Å²) in [6, 6.07) is 12.3. The van der Waals surface area contributed by atoms with E-state index in [1.54, 1.807) is 22.7 Å². The molecule has 19 heteroatoms. The largest absolute Gasteiger partial charge is 0.336 e. The summed E-state index contributed by atoms with van der Waals surface area (Å²) < 4.78 is 80.8. The second-order valence-corrected chi connectivity index (χ2v) is 23.3. The average molecular weight is 1060 g/mol. The predicted molar refractivity (Wildman–Crippen MR) is 279 cm³/mol. The van der Waals surface area contributed by atoms with Crippen LogP contribution in [0.4, 0.5) is 17.6 Å². The van der Waals surface area contributed by atoms with E-state index in [0.717, 1.165) is 108 Å². The molecule has 7 aromatic heterocycles. The third-order valence-electron chi connectivity index (χ3n) is 13.8. The molecular formula is C52H20Cl2F4N8S5. The van der Waals surface area contributed by atoms with E-state index in [1.807, 2.05) is 62.4 Å². The normalized spacial score (nSPS) is 20.1. The highest BCUT2D eigenvalue weighted by Gasteiger charge is 2.37. The number of aromatic nitrogens is 4. The Morgan fingerprint density at radius 3 is 1.30 bits per heavy atom. The predicted octanol–water partition coefficient (Wildman–Crippen LogP) is 16.2. The first-order chi connectivity index (χ1) is 34.3. The molecule has 8 nitrogen and oxygen atoms in total. The molecule has 10 aromatic rings. The first kappa shape index (κ1) is 42.9. The summed E-state index contributed by atoms with van der Waals surface area (Å²) in [5.74, 6) is -4.91. The fraction of sp³-hybridized carbons (Fsp3) is 0.115. The van der Waals surface area contributed by atoms with E-state index in [0.29, 0.717) is 66.3 Å². The number of halogens is 6. The number of thiophene rings is 4. The minimum absolute atomic E-state index is 0.211. The molecule has 0 fully saturated rings. The van der Waals surface area contributed by atoms with E-state index in [4.69, 9.17) is 31.9 Å². The van der Waals surface area contributed by atoms with Crippen LogP contribution in [0.3, 0.4) is 0 Å². The number of nitriles is 4. The van der Waals surface area contributed by atoms with Crippen LogP contribution in [0, 0.1) is 80.4 Å². The Labute approximate surface area is 427 Å².